The first-order valence-electron chi connectivity index (χ1n) is 8.69. The molecule has 0 bridgehead atoms. The lowest BCUT2D eigenvalue weighted by Gasteiger charge is -2.55. The summed E-state index contributed by atoms with van der Waals surface area (Å²) in [7, 11) is 1.59. The molecule has 1 aromatic rings. The lowest BCUT2D eigenvalue weighted by molar-refractivity contribution is -0.179. The van der Waals surface area contributed by atoms with E-state index in [-0.39, 0.29) is 23.9 Å². The normalized spacial score (nSPS) is 22.0. The highest BCUT2D eigenvalue weighted by molar-refractivity contribution is 6.07. The summed E-state index contributed by atoms with van der Waals surface area (Å²) in [4.78, 5) is 27.5. The van der Waals surface area contributed by atoms with Crippen molar-refractivity contribution < 1.29 is 14.3 Å². The van der Waals surface area contributed by atoms with Crippen LogP contribution in [0.3, 0.4) is 0 Å². The summed E-state index contributed by atoms with van der Waals surface area (Å²) in [6.45, 7) is 5.90. The van der Waals surface area contributed by atoms with Gasteiger partial charge in [0.1, 0.15) is 11.8 Å². The number of carbonyl (C=O) groups excluding carboxylic acids is 2. The number of nitrogens with zero attached hydrogens (tertiary/aromatic N) is 1. The molecular formula is C19H26N2O3. The van der Waals surface area contributed by atoms with Gasteiger partial charge in [0.05, 0.1) is 18.2 Å². The van der Waals surface area contributed by atoms with Crippen molar-refractivity contribution in [3.8, 4) is 5.75 Å². The highest BCUT2D eigenvalue weighted by Gasteiger charge is 2.64. The van der Waals surface area contributed by atoms with Gasteiger partial charge < -0.3 is 15.0 Å². The van der Waals surface area contributed by atoms with Crippen LogP contribution in [0.2, 0.25) is 0 Å². The quantitative estimate of drug-likeness (QED) is 0.863. The van der Waals surface area contributed by atoms with Crippen molar-refractivity contribution >= 4 is 17.5 Å². The smallest absolute Gasteiger partial charge is 0.248 e. The van der Waals surface area contributed by atoms with Crippen LogP contribution in [-0.4, -0.2) is 35.9 Å². The molecule has 24 heavy (non-hydrogen) atoms. The Balaban J connectivity index is 1.87. The Kier molecular flexibility index (Phi) is 4.28. The second-order valence-corrected chi connectivity index (χ2v) is 7.26. The Hall–Kier alpha value is -2.04. The van der Waals surface area contributed by atoms with Gasteiger partial charge in [-0.3, -0.25) is 9.59 Å². The van der Waals surface area contributed by atoms with Crippen LogP contribution in [0.1, 0.15) is 45.1 Å². The molecule has 5 heteroatoms. The second kappa shape index (κ2) is 6.11. The molecule has 1 aliphatic heterocycles. The largest absolute Gasteiger partial charge is 0.495 e. The highest BCUT2D eigenvalue weighted by Crippen LogP contribution is 2.52. The number of likely N-dealkylation sites (tertiary alicyclic amines) is 1. The standard InChI is InChI=1S/C19H26N2O3/c1-12(2)21-16(19(18(21)23)9-5-6-10-19)17(22)20-14-11-13(3)7-8-15(14)24-4/h7-8,11-12,16H,5-6,9-10H2,1-4H3,(H,20,22). The molecule has 0 aromatic heterocycles. The van der Waals surface area contributed by atoms with E-state index in [1.54, 1.807) is 12.0 Å². The van der Waals surface area contributed by atoms with Crippen molar-refractivity contribution in [1.82, 2.24) is 4.90 Å². The van der Waals surface area contributed by atoms with Crippen LogP contribution in [0, 0.1) is 12.3 Å². The molecule has 130 valence electrons. The minimum absolute atomic E-state index is 0.0267. The summed E-state index contributed by atoms with van der Waals surface area (Å²) < 4.78 is 5.35. The number of methoxy groups -OCH3 is 1. The van der Waals surface area contributed by atoms with Crippen LogP contribution in [0.5, 0.6) is 5.75 Å². The predicted molar refractivity (Wildman–Crippen MR) is 93.0 cm³/mol. The number of anilines is 1. The van der Waals surface area contributed by atoms with Crippen LogP contribution in [-0.2, 0) is 9.59 Å². The average Bonchev–Trinajstić information content (AvgIpc) is 3.03. The van der Waals surface area contributed by atoms with E-state index in [0.29, 0.717) is 11.4 Å². The first-order valence-corrected chi connectivity index (χ1v) is 8.69. The third kappa shape index (κ3) is 2.46. The van der Waals surface area contributed by atoms with E-state index in [9.17, 15) is 9.59 Å². The van der Waals surface area contributed by atoms with E-state index in [1.165, 1.54) is 0 Å². The Morgan fingerprint density at radius 3 is 2.58 bits per heavy atom. The van der Waals surface area contributed by atoms with Gasteiger partial charge in [0.25, 0.3) is 0 Å². The first kappa shape index (κ1) is 16.8. The number of hydrogen-bond acceptors (Lipinski definition) is 3. The van der Waals surface area contributed by atoms with Crippen molar-refractivity contribution in [2.24, 2.45) is 5.41 Å². The zero-order chi connectivity index (χ0) is 17.5. The van der Waals surface area contributed by atoms with Gasteiger partial charge in [-0.15, -0.1) is 0 Å². The molecule has 2 amide bonds. The van der Waals surface area contributed by atoms with Gasteiger partial charge in [-0.25, -0.2) is 0 Å². The number of rotatable bonds is 4. The van der Waals surface area contributed by atoms with Crippen LogP contribution in [0.4, 0.5) is 5.69 Å². The van der Waals surface area contributed by atoms with Crippen molar-refractivity contribution in [3.05, 3.63) is 23.8 Å². The second-order valence-electron chi connectivity index (χ2n) is 7.26. The monoisotopic (exact) mass is 330 g/mol. The molecule has 1 unspecified atom stereocenters. The Morgan fingerprint density at radius 1 is 1.33 bits per heavy atom. The van der Waals surface area contributed by atoms with E-state index in [0.717, 1.165) is 31.2 Å². The lowest BCUT2D eigenvalue weighted by Crippen LogP contribution is -2.73. The summed E-state index contributed by atoms with van der Waals surface area (Å²) in [5.41, 5.74) is 1.23. The molecule has 1 atom stereocenters. The molecule has 5 nitrogen and oxygen atoms in total. The van der Waals surface area contributed by atoms with Crippen molar-refractivity contribution in [2.75, 3.05) is 12.4 Å². The molecule has 1 aliphatic carbocycles. The van der Waals surface area contributed by atoms with Gasteiger partial charge in [-0.05, 0) is 51.3 Å². The van der Waals surface area contributed by atoms with E-state index < -0.39 is 5.41 Å². The summed E-state index contributed by atoms with van der Waals surface area (Å²) in [6.07, 6.45) is 3.68. The topological polar surface area (TPSA) is 58.6 Å². The van der Waals surface area contributed by atoms with Gasteiger partial charge in [0.2, 0.25) is 11.8 Å². The van der Waals surface area contributed by atoms with Gasteiger partial charge in [0, 0.05) is 6.04 Å². The maximum absolute atomic E-state index is 13.0. The van der Waals surface area contributed by atoms with Crippen LogP contribution in [0.15, 0.2) is 18.2 Å². The third-order valence-electron chi connectivity index (χ3n) is 5.38. The van der Waals surface area contributed by atoms with E-state index >= 15 is 0 Å². The Bertz CT molecular complexity index is 663. The predicted octanol–water partition coefficient (Wildman–Crippen LogP) is 3.12. The first-order chi connectivity index (χ1) is 11.4. The number of hydrogen-bond donors (Lipinski definition) is 1. The minimum atomic E-state index is -0.481. The average molecular weight is 330 g/mol. The number of carbonyl (C=O) groups is 2. The molecule has 1 heterocycles. The molecule has 1 saturated heterocycles. The summed E-state index contributed by atoms with van der Waals surface area (Å²) in [5.74, 6) is 0.677. The van der Waals surface area contributed by atoms with Crippen LogP contribution < -0.4 is 10.1 Å². The zero-order valence-corrected chi connectivity index (χ0v) is 14.9. The molecule has 1 aromatic carbocycles. The highest BCUT2D eigenvalue weighted by atomic mass is 16.5. The number of ether oxygens (including phenoxy) is 1. The van der Waals surface area contributed by atoms with E-state index in [2.05, 4.69) is 5.32 Å². The molecule has 2 fully saturated rings. The van der Waals surface area contributed by atoms with Crippen molar-refractivity contribution in [3.63, 3.8) is 0 Å². The van der Waals surface area contributed by atoms with E-state index in [4.69, 9.17) is 4.74 Å². The third-order valence-corrected chi connectivity index (χ3v) is 5.38. The fourth-order valence-corrected chi connectivity index (χ4v) is 4.22. The van der Waals surface area contributed by atoms with Crippen LogP contribution >= 0.6 is 0 Å². The van der Waals surface area contributed by atoms with Gasteiger partial charge in [-0.2, -0.15) is 0 Å². The zero-order valence-electron chi connectivity index (χ0n) is 14.9. The molecule has 1 saturated carbocycles. The SMILES string of the molecule is COc1ccc(C)cc1NC(=O)C1N(C(C)C)C(=O)C12CCCC2. The van der Waals surface area contributed by atoms with Crippen molar-refractivity contribution in [2.45, 2.75) is 58.5 Å². The maximum atomic E-state index is 13.0. The molecule has 1 spiro atoms. The maximum Gasteiger partial charge on any atom is 0.248 e. The van der Waals surface area contributed by atoms with E-state index in [1.807, 2.05) is 39.0 Å². The fraction of sp³-hybridized carbons (Fsp3) is 0.579. The number of nitrogens with one attached hydrogen (secondary N) is 1. The Labute approximate surface area is 143 Å². The van der Waals surface area contributed by atoms with Gasteiger partial charge >= 0.3 is 0 Å². The Morgan fingerprint density at radius 2 is 2.00 bits per heavy atom. The summed E-state index contributed by atoms with van der Waals surface area (Å²) >= 11 is 0. The number of amides is 2. The van der Waals surface area contributed by atoms with Crippen molar-refractivity contribution in [1.29, 1.82) is 0 Å². The van der Waals surface area contributed by atoms with Gasteiger partial charge in [0.15, 0.2) is 0 Å². The lowest BCUT2D eigenvalue weighted by atomic mass is 9.68. The van der Waals surface area contributed by atoms with Crippen LogP contribution in [0.25, 0.3) is 0 Å². The summed E-state index contributed by atoms with van der Waals surface area (Å²) in [5, 5.41) is 3.00. The molecule has 2 aliphatic rings. The van der Waals surface area contributed by atoms with Gasteiger partial charge in [-0.1, -0.05) is 18.9 Å². The molecular weight excluding hydrogens is 304 g/mol. The number of benzene rings is 1. The number of aryl methyl sites for hydroxylation is 1. The summed E-state index contributed by atoms with van der Waals surface area (Å²) in [6, 6.07) is 5.34. The minimum Gasteiger partial charge on any atom is -0.495 e. The number of β-lactam (4-membered cyclic amide) rings is 1. The fourth-order valence-electron chi connectivity index (χ4n) is 4.22. The molecule has 0 radical (unpaired) electrons. The molecule has 3 rings (SSSR count). The molecule has 1 N–H and O–H groups in total.